The van der Waals surface area contributed by atoms with E-state index in [2.05, 4.69) is 20.7 Å². The van der Waals surface area contributed by atoms with Gasteiger partial charge >= 0.3 is 0 Å². The number of rotatable bonds is 2. The summed E-state index contributed by atoms with van der Waals surface area (Å²) in [5.74, 6) is -0.102. The molecule has 7 nitrogen and oxygen atoms in total. The van der Waals surface area contributed by atoms with E-state index in [-0.39, 0.29) is 11.9 Å². The van der Waals surface area contributed by atoms with Crippen molar-refractivity contribution in [3.63, 3.8) is 0 Å². The molecule has 2 rings (SSSR count). The van der Waals surface area contributed by atoms with Gasteiger partial charge < -0.3 is 5.73 Å². The molecule has 84 valence electrons. The van der Waals surface area contributed by atoms with Crippen LogP contribution in [-0.2, 0) is 7.05 Å². The normalized spacial score (nSPS) is 10.4. The van der Waals surface area contributed by atoms with Crippen LogP contribution in [0.4, 0.5) is 11.6 Å². The zero-order valence-corrected chi connectivity index (χ0v) is 9.58. The maximum atomic E-state index is 11.7. The van der Waals surface area contributed by atoms with Crippen molar-refractivity contribution in [2.24, 2.45) is 7.05 Å². The number of carbonyl (C=O) groups is 1. The molecule has 16 heavy (non-hydrogen) atoms. The van der Waals surface area contributed by atoms with Gasteiger partial charge in [0.25, 0.3) is 11.9 Å². The van der Waals surface area contributed by atoms with Gasteiger partial charge in [0.2, 0.25) is 0 Å². The number of nitrogens with one attached hydrogen (secondary N) is 1. The summed E-state index contributed by atoms with van der Waals surface area (Å²) in [6.45, 7) is 1.86. The van der Waals surface area contributed by atoms with Crippen molar-refractivity contribution >= 4 is 28.9 Å². The molecular weight excluding hydrogens is 228 g/mol. The van der Waals surface area contributed by atoms with Crippen molar-refractivity contribution in [2.45, 2.75) is 6.92 Å². The fraction of sp³-hybridized carbons (Fsp3) is 0.250. The molecule has 3 N–H and O–H groups in total. The number of amides is 1. The zero-order chi connectivity index (χ0) is 11.7. The third-order valence-corrected chi connectivity index (χ3v) is 2.98. The number of anilines is 2. The van der Waals surface area contributed by atoms with Gasteiger partial charge in [-0.3, -0.25) is 10.1 Å². The number of hydrogen-bond acceptors (Lipinski definition) is 6. The Bertz CT molecular complexity index is 511. The summed E-state index contributed by atoms with van der Waals surface area (Å²) >= 11 is 1.33. The van der Waals surface area contributed by atoms with Crippen molar-refractivity contribution in [1.29, 1.82) is 0 Å². The van der Waals surface area contributed by atoms with Crippen LogP contribution in [0.1, 0.15) is 14.5 Å². The molecule has 0 saturated carbocycles. The highest BCUT2D eigenvalue weighted by Crippen LogP contribution is 2.23. The van der Waals surface area contributed by atoms with Crippen molar-refractivity contribution in [3.05, 3.63) is 15.8 Å². The van der Waals surface area contributed by atoms with E-state index in [1.807, 2.05) is 6.92 Å². The van der Waals surface area contributed by atoms with Crippen LogP contribution < -0.4 is 11.1 Å². The summed E-state index contributed by atoms with van der Waals surface area (Å²) in [6.07, 6.45) is 0. The Hall–Kier alpha value is -1.96. The Balaban J connectivity index is 2.14. The Labute approximate surface area is 95.3 Å². The summed E-state index contributed by atoms with van der Waals surface area (Å²) in [5.41, 5.74) is 6.27. The second-order valence-corrected chi connectivity index (χ2v) is 4.44. The van der Waals surface area contributed by atoms with Gasteiger partial charge in [-0.1, -0.05) is 5.10 Å². The minimum Gasteiger partial charge on any atom is -0.398 e. The summed E-state index contributed by atoms with van der Waals surface area (Å²) in [5, 5.41) is 13.6. The first kappa shape index (κ1) is 10.6. The van der Waals surface area contributed by atoms with Crippen LogP contribution in [0.2, 0.25) is 0 Å². The molecule has 2 heterocycles. The van der Waals surface area contributed by atoms with Crippen molar-refractivity contribution in [2.75, 3.05) is 11.1 Å². The molecule has 0 aromatic carbocycles. The standard InChI is InChI=1S/C8H10N6OS/c1-4-5(9)3-6(16-4)7(15)10-8-11-13-14(2)12-8/h3H,9H2,1-2H3,(H,10,12,15). The molecule has 0 aliphatic heterocycles. The molecule has 2 aromatic heterocycles. The minimum absolute atomic E-state index is 0.178. The Morgan fingerprint density at radius 3 is 2.88 bits per heavy atom. The van der Waals surface area contributed by atoms with E-state index in [9.17, 15) is 4.79 Å². The lowest BCUT2D eigenvalue weighted by atomic mass is 10.3. The van der Waals surface area contributed by atoms with Crippen LogP contribution in [0, 0.1) is 6.92 Å². The number of nitrogen functional groups attached to an aromatic ring is 1. The molecule has 2 aromatic rings. The number of nitrogens with zero attached hydrogens (tertiary/aromatic N) is 4. The molecule has 0 aliphatic carbocycles. The quantitative estimate of drug-likeness (QED) is 0.789. The van der Waals surface area contributed by atoms with Crippen LogP contribution in [0.5, 0.6) is 0 Å². The van der Waals surface area contributed by atoms with E-state index in [0.717, 1.165) is 4.88 Å². The highest BCUT2D eigenvalue weighted by atomic mass is 32.1. The molecule has 0 bridgehead atoms. The molecule has 8 heteroatoms. The van der Waals surface area contributed by atoms with Gasteiger partial charge in [-0.15, -0.1) is 16.4 Å². The number of thiophene rings is 1. The van der Waals surface area contributed by atoms with Gasteiger partial charge in [0, 0.05) is 10.6 Å². The van der Waals surface area contributed by atoms with Crippen LogP contribution in [0.3, 0.4) is 0 Å². The number of aromatic nitrogens is 4. The summed E-state index contributed by atoms with van der Waals surface area (Å²) in [7, 11) is 1.62. The molecule has 0 spiro atoms. The van der Waals surface area contributed by atoms with Gasteiger partial charge in [0.1, 0.15) is 0 Å². The fourth-order valence-corrected chi connectivity index (χ4v) is 1.94. The predicted molar refractivity (Wildman–Crippen MR) is 60.2 cm³/mol. The lowest BCUT2D eigenvalue weighted by Gasteiger charge is -1.95. The van der Waals surface area contributed by atoms with Gasteiger partial charge in [0.05, 0.1) is 11.9 Å². The van der Waals surface area contributed by atoms with E-state index < -0.39 is 0 Å². The van der Waals surface area contributed by atoms with Crippen LogP contribution in [-0.4, -0.2) is 26.1 Å². The highest BCUT2D eigenvalue weighted by Gasteiger charge is 2.13. The molecule has 0 unspecified atom stereocenters. The Morgan fingerprint density at radius 2 is 2.38 bits per heavy atom. The fourth-order valence-electron chi connectivity index (χ4n) is 1.11. The topological polar surface area (TPSA) is 98.7 Å². The van der Waals surface area contributed by atoms with Gasteiger partial charge in [0.15, 0.2) is 0 Å². The maximum absolute atomic E-state index is 11.7. The second kappa shape index (κ2) is 3.89. The molecule has 0 fully saturated rings. The van der Waals surface area contributed by atoms with Gasteiger partial charge in [-0.2, -0.15) is 4.80 Å². The lowest BCUT2D eigenvalue weighted by Crippen LogP contribution is -2.11. The summed E-state index contributed by atoms with van der Waals surface area (Å²) < 4.78 is 0. The molecule has 0 atom stereocenters. The van der Waals surface area contributed by atoms with Gasteiger partial charge in [-0.25, -0.2) is 0 Å². The van der Waals surface area contributed by atoms with Crippen molar-refractivity contribution < 1.29 is 4.79 Å². The number of carbonyl (C=O) groups excluding carboxylic acids is 1. The van der Waals surface area contributed by atoms with E-state index in [1.54, 1.807) is 13.1 Å². The first-order valence-electron chi connectivity index (χ1n) is 4.47. The van der Waals surface area contributed by atoms with Crippen LogP contribution >= 0.6 is 11.3 Å². The van der Waals surface area contributed by atoms with Crippen molar-refractivity contribution in [3.8, 4) is 0 Å². The SMILES string of the molecule is Cc1sc(C(=O)Nc2nnn(C)n2)cc1N. The summed E-state index contributed by atoms with van der Waals surface area (Å²) in [4.78, 5) is 14.4. The van der Waals surface area contributed by atoms with Crippen LogP contribution in [0.15, 0.2) is 6.07 Å². The number of hydrogen-bond donors (Lipinski definition) is 2. The molecule has 0 aliphatic rings. The number of aryl methyl sites for hydroxylation is 2. The van der Waals surface area contributed by atoms with E-state index in [0.29, 0.717) is 10.6 Å². The highest BCUT2D eigenvalue weighted by molar-refractivity contribution is 7.14. The summed E-state index contributed by atoms with van der Waals surface area (Å²) in [6, 6.07) is 1.63. The number of tetrazole rings is 1. The molecule has 0 radical (unpaired) electrons. The zero-order valence-electron chi connectivity index (χ0n) is 8.76. The maximum Gasteiger partial charge on any atom is 0.270 e. The van der Waals surface area contributed by atoms with Crippen LogP contribution in [0.25, 0.3) is 0 Å². The van der Waals surface area contributed by atoms with E-state index in [1.165, 1.54) is 16.1 Å². The predicted octanol–water partition coefficient (Wildman–Crippen LogP) is 0.415. The average Bonchev–Trinajstić information content (AvgIpc) is 2.75. The Kier molecular flexibility index (Phi) is 2.57. The first-order valence-corrected chi connectivity index (χ1v) is 5.29. The molecule has 1 amide bonds. The average molecular weight is 238 g/mol. The number of nitrogens with two attached hydrogens (primary N) is 1. The van der Waals surface area contributed by atoms with E-state index in [4.69, 9.17) is 5.73 Å². The second-order valence-electron chi connectivity index (χ2n) is 3.18. The van der Waals surface area contributed by atoms with Crippen molar-refractivity contribution in [1.82, 2.24) is 20.2 Å². The molecule has 0 saturated heterocycles. The first-order chi connectivity index (χ1) is 7.56. The minimum atomic E-state index is -0.280. The monoisotopic (exact) mass is 238 g/mol. The largest absolute Gasteiger partial charge is 0.398 e. The van der Waals surface area contributed by atoms with Gasteiger partial charge in [-0.05, 0) is 18.2 Å². The third kappa shape index (κ3) is 2.01. The van der Waals surface area contributed by atoms with E-state index >= 15 is 0 Å². The smallest absolute Gasteiger partial charge is 0.270 e. The lowest BCUT2D eigenvalue weighted by molar-refractivity contribution is 0.102. The third-order valence-electron chi connectivity index (χ3n) is 1.91. The molecular formula is C8H10N6OS. The Morgan fingerprint density at radius 1 is 1.62 bits per heavy atom.